The Morgan fingerprint density at radius 2 is 1.80 bits per heavy atom. The topological polar surface area (TPSA) is 104 Å². The van der Waals surface area contributed by atoms with E-state index in [1.165, 1.54) is 12.1 Å². The highest BCUT2D eigenvalue weighted by Gasteiger charge is 2.35. The van der Waals surface area contributed by atoms with Crippen LogP contribution in [-0.4, -0.2) is 70.6 Å². The van der Waals surface area contributed by atoms with Crippen LogP contribution in [0.5, 0.6) is 5.75 Å². The van der Waals surface area contributed by atoms with E-state index < -0.39 is 22.8 Å². The second-order valence-electron chi connectivity index (χ2n) is 10.9. The second kappa shape index (κ2) is 14.1. The van der Waals surface area contributed by atoms with Crippen molar-refractivity contribution in [2.45, 2.75) is 64.5 Å². The summed E-state index contributed by atoms with van der Waals surface area (Å²) in [6, 6.07) is 6.04. The van der Waals surface area contributed by atoms with Gasteiger partial charge in [0.05, 0.1) is 30.7 Å². The first-order chi connectivity index (χ1) is 19.8. The van der Waals surface area contributed by atoms with Crippen molar-refractivity contribution in [3.63, 3.8) is 0 Å². The number of hydrogen-bond acceptors (Lipinski definition) is 6. The fourth-order valence-electron chi connectivity index (χ4n) is 5.78. The van der Waals surface area contributed by atoms with Gasteiger partial charge < -0.3 is 24.8 Å². The van der Waals surface area contributed by atoms with Crippen LogP contribution in [-0.2, 0) is 11.3 Å². The fraction of sp³-hybridized carbons (Fsp3) is 0.500. The van der Waals surface area contributed by atoms with E-state index in [4.69, 9.17) is 4.74 Å². The molecule has 0 radical (unpaired) electrons. The van der Waals surface area contributed by atoms with Crippen molar-refractivity contribution in [3.05, 3.63) is 68.2 Å². The number of aromatic hydroxyl groups is 1. The van der Waals surface area contributed by atoms with E-state index in [0.29, 0.717) is 61.7 Å². The molecule has 2 aromatic rings. The first-order valence-corrected chi connectivity index (χ1v) is 14.7. The SMILES string of the molecule is C\C=C(/C=c1/c(O)c(C(=O)NC2(CO)CCCCC2)c(=O)n(CCN2CCOCC2)/c1=C\CC)c1ccc(F)cc1. The molecule has 0 spiro atoms. The molecular weight excluding hydrogens is 525 g/mol. The molecule has 8 nitrogen and oxygen atoms in total. The monoisotopic (exact) mass is 567 g/mol. The minimum Gasteiger partial charge on any atom is -0.506 e. The van der Waals surface area contributed by atoms with Crippen molar-refractivity contribution in [3.8, 4) is 5.75 Å². The molecule has 1 saturated heterocycles. The first kappa shape index (κ1) is 30.7. The standard InChI is InChI=1S/C32H42FN3O5/c1-3-8-27-26(21-23(4-2)24-9-11-25(33)12-10-24)29(38)28(30(39)34-32(22-37)13-6-5-7-14-32)31(40)36(27)16-15-35-17-19-41-20-18-35/h4,8-12,21,37-38H,3,5-7,13-20,22H2,1-2H3,(H,34,39)/b23-4+,26-21+,27-8-. The molecule has 1 amide bonds. The van der Waals surface area contributed by atoms with Gasteiger partial charge in [-0.1, -0.05) is 50.5 Å². The van der Waals surface area contributed by atoms with Crippen LogP contribution in [0.25, 0.3) is 17.7 Å². The van der Waals surface area contributed by atoms with Crippen LogP contribution >= 0.6 is 0 Å². The number of morpholine rings is 1. The molecular formula is C32H42FN3O5. The van der Waals surface area contributed by atoms with E-state index in [1.807, 2.05) is 26.0 Å². The molecule has 2 heterocycles. The predicted molar refractivity (Wildman–Crippen MR) is 159 cm³/mol. The summed E-state index contributed by atoms with van der Waals surface area (Å²) >= 11 is 0. The van der Waals surface area contributed by atoms with Crippen LogP contribution in [0, 0.1) is 5.82 Å². The van der Waals surface area contributed by atoms with E-state index in [0.717, 1.165) is 37.9 Å². The minimum absolute atomic E-state index is 0.237. The van der Waals surface area contributed by atoms with Gasteiger partial charge in [0.1, 0.15) is 17.1 Å². The van der Waals surface area contributed by atoms with Crippen LogP contribution in [0.1, 0.15) is 68.3 Å². The summed E-state index contributed by atoms with van der Waals surface area (Å²) in [5.41, 5.74) is -0.297. The van der Waals surface area contributed by atoms with Gasteiger partial charge >= 0.3 is 0 Å². The van der Waals surface area contributed by atoms with E-state index in [1.54, 1.807) is 22.8 Å². The highest BCUT2D eigenvalue weighted by molar-refractivity contribution is 5.98. The Bertz CT molecular complexity index is 1420. The molecule has 1 aliphatic heterocycles. The molecule has 0 unspecified atom stereocenters. The van der Waals surface area contributed by atoms with Gasteiger partial charge in [-0.15, -0.1) is 0 Å². The maximum Gasteiger partial charge on any atom is 0.267 e. The van der Waals surface area contributed by atoms with Gasteiger partial charge in [-0.25, -0.2) is 4.39 Å². The van der Waals surface area contributed by atoms with Crippen LogP contribution in [0.2, 0.25) is 0 Å². The molecule has 2 fully saturated rings. The molecule has 3 N–H and O–H groups in total. The first-order valence-electron chi connectivity index (χ1n) is 14.7. The average molecular weight is 568 g/mol. The second-order valence-corrected chi connectivity index (χ2v) is 10.9. The maximum atomic E-state index is 14.0. The maximum absolute atomic E-state index is 14.0. The quantitative estimate of drug-likeness (QED) is 0.430. The summed E-state index contributed by atoms with van der Waals surface area (Å²) < 4.78 is 20.7. The lowest BCUT2D eigenvalue weighted by molar-refractivity contribution is 0.0361. The zero-order valence-corrected chi connectivity index (χ0v) is 24.1. The van der Waals surface area contributed by atoms with E-state index in [-0.39, 0.29) is 18.0 Å². The predicted octanol–water partition coefficient (Wildman–Crippen LogP) is 2.52. The number of benzene rings is 1. The van der Waals surface area contributed by atoms with Gasteiger partial charge in [0.15, 0.2) is 0 Å². The minimum atomic E-state index is -0.826. The van der Waals surface area contributed by atoms with Crippen LogP contribution in [0.4, 0.5) is 4.39 Å². The summed E-state index contributed by atoms with van der Waals surface area (Å²) in [6.07, 6.45) is 10.0. The third kappa shape index (κ3) is 7.15. The normalized spacial score (nSPS) is 19.0. The molecule has 41 heavy (non-hydrogen) atoms. The number of halogens is 1. The molecule has 0 atom stereocenters. The zero-order valence-electron chi connectivity index (χ0n) is 24.1. The Balaban J connectivity index is 1.89. The van der Waals surface area contributed by atoms with Crippen molar-refractivity contribution >= 4 is 23.6 Å². The summed E-state index contributed by atoms with van der Waals surface area (Å²) in [5.74, 6) is -1.45. The lowest BCUT2D eigenvalue weighted by Gasteiger charge is -2.36. The number of aromatic nitrogens is 1. The van der Waals surface area contributed by atoms with Gasteiger partial charge in [-0.3, -0.25) is 14.5 Å². The number of nitrogens with zero attached hydrogens (tertiary/aromatic N) is 2. The van der Waals surface area contributed by atoms with E-state index in [2.05, 4.69) is 10.2 Å². The number of carbonyl (C=O) groups excluding carboxylic acids is 1. The van der Waals surface area contributed by atoms with E-state index >= 15 is 0 Å². The van der Waals surface area contributed by atoms with Crippen molar-refractivity contribution in [2.24, 2.45) is 0 Å². The number of allylic oxidation sites excluding steroid dienone is 2. The Labute approximate surface area is 240 Å². The summed E-state index contributed by atoms with van der Waals surface area (Å²) in [6.45, 7) is 7.18. The van der Waals surface area contributed by atoms with Crippen molar-refractivity contribution < 1.29 is 24.1 Å². The Morgan fingerprint density at radius 3 is 2.41 bits per heavy atom. The number of pyridine rings is 1. The number of aliphatic hydroxyl groups is 1. The number of aliphatic hydroxyl groups excluding tert-OH is 1. The number of nitrogens with one attached hydrogen (secondary N) is 1. The molecule has 2 aliphatic rings. The number of hydrogen-bond donors (Lipinski definition) is 3. The summed E-state index contributed by atoms with van der Waals surface area (Å²) in [7, 11) is 0. The van der Waals surface area contributed by atoms with Crippen molar-refractivity contribution in [1.82, 2.24) is 14.8 Å². The number of ether oxygens (including phenoxy) is 1. The number of amides is 1. The smallest absolute Gasteiger partial charge is 0.267 e. The fourth-order valence-corrected chi connectivity index (χ4v) is 5.78. The Hall–Kier alpha value is -3.27. The number of rotatable bonds is 9. The third-order valence-corrected chi connectivity index (χ3v) is 8.17. The van der Waals surface area contributed by atoms with Crippen molar-refractivity contribution in [1.29, 1.82) is 0 Å². The van der Waals surface area contributed by atoms with Crippen LogP contribution in [0.3, 0.4) is 0 Å². The Morgan fingerprint density at radius 1 is 1.12 bits per heavy atom. The zero-order chi connectivity index (χ0) is 29.4. The van der Waals surface area contributed by atoms with E-state index in [9.17, 15) is 24.2 Å². The third-order valence-electron chi connectivity index (χ3n) is 8.17. The Kier molecular flexibility index (Phi) is 10.5. The highest BCUT2D eigenvalue weighted by Crippen LogP contribution is 2.28. The lowest BCUT2D eigenvalue weighted by atomic mass is 9.82. The molecule has 1 aromatic heterocycles. The van der Waals surface area contributed by atoms with Gasteiger partial charge in [0, 0.05) is 31.4 Å². The van der Waals surface area contributed by atoms with Gasteiger partial charge in [0.2, 0.25) is 0 Å². The van der Waals surface area contributed by atoms with Crippen LogP contribution in [0.15, 0.2) is 35.1 Å². The number of carbonyl (C=O) groups is 1. The molecule has 4 rings (SSSR count). The van der Waals surface area contributed by atoms with Crippen LogP contribution < -0.4 is 21.4 Å². The highest BCUT2D eigenvalue weighted by atomic mass is 19.1. The van der Waals surface area contributed by atoms with Gasteiger partial charge in [-0.2, -0.15) is 0 Å². The molecule has 0 bridgehead atoms. The van der Waals surface area contributed by atoms with Crippen molar-refractivity contribution in [2.75, 3.05) is 39.5 Å². The molecule has 9 heteroatoms. The van der Waals surface area contributed by atoms with Gasteiger partial charge in [-0.05, 0) is 55.5 Å². The van der Waals surface area contributed by atoms with Gasteiger partial charge in [0.25, 0.3) is 11.5 Å². The summed E-state index contributed by atoms with van der Waals surface area (Å²) in [4.78, 5) is 30.0. The molecule has 1 aliphatic carbocycles. The molecule has 1 aromatic carbocycles. The molecule has 222 valence electrons. The average Bonchev–Trinajstić information content (AvgIpc) is 2.98. The molecule has 1 saturated carbocycles. The lowest BCUT2D eigenvalue weighted by Crippen LogP contribution is -2.55. The largest absolute Gasteiger partial charge is 0.506 e. The summed E-state index contributed by atoms with van der Waals surface area (Å²) in [5, 5.41) is 25.6.